The summed E-state index contributed by atoms with van der Waals surface area (Å²) in [6, 6.07) is 0. The Morgan fingerprint density at radius 2 is 2.56 bits per heavy atom. The molecule has 1 unspecified atom stereocenters. The lowest BCUT2D eigenvalue weighted by atomic mass is 10.5. The van der Waals surface area contributed by atoms with E-state index in [1.54, 1.807) is 18.7 Å². The number of hydrogen-bond acceptors (Lipinski definition) is 3. The standard InChI is InChI=1S/C6H10O2S/c1-5(7)3-9-4-6-2-8-6/h6H,2-4H2,1H3. The van der Waals surface area contributed by atoms with Crippen LogP contribution in [0.25, 0.3) is 0 Å². The second-order valence-electron chi connectivity index (χ2n) is 2.17. The summed E-state index contributed by atoms with van der Waals surface area (Å²) in [7, 11) is 0. The van der Waals surface area contributed by atoms with E-state index in [4.69, 9.17) is 4.74 Å². The van der Waals surface area contributed by atoms with Crippen molar-refractivity contribution in [3.8, 4) is 0 Å². The zero-order chi connectivity index (χ0) is 6.69. The Labute approximate surface area is 59.0 Å². The minimum absolute atomic E-state index is 0.251. The van der Waals surface area contributed by atoms with Gasteiger partial charge in [0.15, 0.2) is 0 Å². The first-order chi connectivity index (χ1) is 4.29. The summed E-state index contributed by atoms with van der Waals surface area (Å²) in [5, 5.41) is 0. The normalized spacial score (nSPS) is 23.9. The lowest BCUT2D eigenvalue weighted by molar-refractivity contribution is -0.114. The number of carbonyl (C=O) groups is 1. The summed E-state index contributed by atoms with van der Waals surface area (Å²) >= 11 is 1.66. The highest BCUT2D eigenvalue weighted by molar-refractivity contribution is 8.00. The fraction of sp³-hybridized carbons (Fsp3) is 0.833. The van der Waals surface area contributed by atoms with E-state index in [9.17, 15) is 4.79 Å². The second kappa shape index (κ2) is 3.22. The number of ketones is 1. The number of rotatable bonds is 4. The SMILES string of the molecule is CC(=O)CSCC1CO1. The number of carbonyl (C=O) groups excluding carboxylic acids is 1. The average Bonchev–Trinajstić information content (AvgIpc) is 2.48. The fourth-order valence-corrected chi connectivity index (χ4v) is 1.36. The molecule has 0 radical (unpaired) electrons. The van der Waals surface area contributed by atoms with Gasteiger partial charge in [0.05, 0.1) is 18.5 Å². The second-order valence-corrected chi connectivity index (χ2v) is 3.20. The van der Waals surface area contributed by atoms with Crippen LogP contribution in [0.3, 0.4) is 0 Å². The Hall–Kier alpha value is -0.0200. The van der Waals surface area contributed by atoms with Gasteiger partial charge in [0.1, 0.15) is 5.78 Å². The molecule has 52 valence electrons. The largest absolute Gasteiger partial charge is 0.372 e. The van der Waals surface area contributed by atoms with Crippen LogP contribution >= 0.6 is 11.8 Å². The summed E-state index contributed by atoms with van der Waals surface area (Å²) in [6.07, 6.45) is 0.453. The van der Waals surface area contributed by atoms with Crippen LogP contribution in [0.1, 0.15) is 6.92 Å². The van der Waals surface area contributed by atoms with Crippen LogP contribution in [0.5, 0.6) is 0 Å². The molecule has 1 aliphatic rings. The Balaban J connectivity index is 1.86. The van der Waals surface area contributed by atoms with Crippen molar-refractivity contribution in [1.82, 2.24) is 0 Å². The van der Waals surface area contributed by atoms with E-state index in [2.05, 4.69) is 0 Å². The molecule has 2 nitrogen and oxygen atoms in total. The minimum Gasteiger partial charge on any atom is -0.372 e. The summed E-state index contributed by atoms with van der Waals surface area (Å²) < 4.78 is 4.96. The fourth-order valence-electron chi connectivity index (χ4n) is 0.498. The van der Waals surface area contributed by atoms with E-state index in [0.717, 1.165) is 12.4 Å². The molecule has 0 amide bonds. The first-order valence-corrected chi connectivity index (χ1v) is 4.13. The highest BCUT2D eigenvalue weighted by Crippen LogP contribution is 2.15. The summed E-state index contributed by atoms with van der Waals surface area (Å²) in [5.74, 6) is 1.88. The Bertz CT molecular complexity index is 110. The van der Waals surface area contributed by atoms with E-state index in [-0.39, 0.29) is 5.78 Å². The van der Waals surface area contributed by atoms with Crippen LogP contribution in [0.2, 0.25) is 0 Å². The van der Waals surface area contributed by atoms with Crippen molar-refractivity contribution >= 4 is 17.5 Å². The molecule has 0 aromatic heterocycles. The maximum Gasteiger partial charge on any atom is 0.139 e. The van der Waals surface area contributed by atoms with Gasteiger partial charge < -0.3 is 4.74 Å². The average molecular weight is 146 g/mol. The van der Waals surface area contributed by atoms with Gasteiger partial charge in [-0.05, 0) is 6.92 Å². The number of hydrogen-bond donors (Lipinski definition) is 0. The van der Waals surface area contributed by atoms with E-state index in [0.29, 0.717) is 11.9 Å². The van der Waals surface area contributed by atoms with Crippen LogP contribution in [0.4, 0.5) is 0 Å². The van der Waals surface area contributed by atoms with Crippen molar-refractivity contribution in [2.45, 2.75) is 13.0 Å². The molecule has 3 heteroatoms. The van der Waals surface area contributed by atoms with Crippen LogP contribution in [-0.4, -0.2) is 30.0 Å². The van der Waals surface area contributed by atoms with Gasteiger partial charge >= 0.3 is 0 Å². The zero-order valence-electron chi connectivity index (χ0n) is 5.42. The molecule has 0 spiro atoms. The molecule has 1 aliphatic heterocycles. The number of thioether (sulfide) groups is 1. The molecule has 1 fully saturated rings. The molecular weight excluding hydrogens is 136 g/mol. The predicted molar refractivity (Wildman–Crippen MR) is 37.7 cm³/mol. The molecular formula is C6H10O2S. The smallest absolute Gasteiger partial charge is 0.139 e. The van der Waals surface area contributed by atoms with Crippen LogP contribution < -0.4 is 0 Å². The molecule has 0 aromatic rings. The van der Waals surface area contributed by atoms with Gasteiger partial charge in [-0.1, -0.05) is 0 Å². The third-order valence-corrected chi connectivity index (χ3v) is 2.23. The summed E-state index contributed by atoms with van der Waals surface area (Å²) in [4.78, 5) is 10.4. The monoisotopic (exact) mass is 146 g/mol. The topological polar surface area (TPSA) is 29.6 Å². The van der Waals surface area contributed by atoms with Crippen LogP contribution in [0, 0.1) is 0 Å². The third kappa shape index (κ3) is 3.54. The highest BCUT2D eigenvalue weighted by Gasteiger charge is 2.21. The molecule has 0 saturated carbocycles. The lowest BCUT2D eigenvalue weighted by Crippen LogP contribution is -1.97. The number of ether oxygens (including phenoxy) is 1. The molecule has 1 rings (SSSR count). The minimum atomic E-state index is 0.251. The first kappa shape index (κ1) is 7.09. The van der Waals surface area contributed by atoms with Crippen molar-refractivity contribution in [2.24, 2.45) is 0 Å². The van der Waals surface area contributed by atoms with Gasteiger partial charge in [-0.15, -0.1) is 0 Å². The van der Waals surface area contributed by atoms with Crippen molar-refractivity contribution in [2.75, 3.05) is 18.1 Å². The van der Waals surface area contributed by atoms with Gasteiger partial charge in [-0.25, -0.2) is 0 Å². The molecule has 9 heavy (non-hydrogen) atoms. The maximum atomic E-state index is 10.4. The Kier molecular flexibility index (Phi) is 2.54. The van der Waals surface area contributed by atoms with Gasteiger partial charge in [0.25, 0.3) is 0 Å². The van der Waals surface area contributed by atoms with Gasteiger partial charge in [-0.3, -0.25) is 4.79 Å². The molecule has 1 saturated heterocycles. The molecule has 0 N–H and O–H groups in total. The Morgan fingerprint density at radius 3 is 3.00 bits per heavy atom. The third-order valence-electron chi connectivity index (χ3n) is 1.01. The van der Waals surface area contributed by atoms with E-state index >= 15 is 0 Å². The number of Topliss-reactive ketones (excluding diaryl/α,β-unsaturated/α-hetero) is 1. The molecule has 1 heterocycles. The lowest BCUT2D eigenvalue weighted by Gasteiger charge is -1.91. The van der Waals surface area contributed by atoms with Crippen molar-refractivity contribution in [1.29, 1.82) is 0 Å². The first-order valence-electron chi connectivity index (χ1n) is 2.98. The maximum absolute atomic E-state index is 10.4. The summed E-state index contributed by atoms with van der Waals surface area (Å²) in [5.41, 5.74) is 0. The zero-order valence-corrected chi connectivity index (χ0v) is 6.24. The van der Waals surface area contributed by atoms with Crippen molar-refractivity contribution < 1.29 is 9.53 Å². The molecule has 0 aromatic carbocycles. The quantitative estimate of drug-likeness (QED) is 0.547. The predicted octanol–water partition coefficient (Wildman–Crippen LogP) is 0.707. The summed E-state index contributed by atoms with van der Waals surface area (Å²) in [6.45, 7) is 2.51. The number of epoxide rings is 1. The van der Waals surface area contributed by atoms with E-state index < -0.39 is 0 Å². The molecule has 0 aliphatic carbocycles. The van der Waals surface area contributed by atoms with Crippen molar-refractivity contribution in [3.63, 3.8) is 0 Å². The van der Waals surface area contributed by atoms with Crippen LogP contribution in [0.15, 0.2) is 0 Å². The van der Waals surface area contributed by atoms with Gasteiger partial charge in [-0.2, -0.15) is 11.8 Å². The van der Waals surface area contributed by atoms with Crippen LogP contribution in [-0.2, 0) is 9.53 Å². The van der Waals surface area contributed by atoms with Crippen molar-refractivity contribution in [3.05, 3.63) is 0 Å². The van der Waals surface area contributed by atoms with E-state index in [1.165, 1.54) is 0 Å². The van der Waals surface area contributed by atoms with E-state index in [1.807, 2.05) is 0 Å². The molecule has 0 bridgehead atoms. The molecule has 1 atom stereocenters. The van der Waals surface area contributed by atoms with Gasteiger partial charge in [0.2, 0.25) is 0 Å². The highest BCUT2D eigenvalue weighted by atomic mass is 32.2. The Morgan fingerprint density at radius 1 is 1.89 bits per heavy atom. The van der Waals surface area contributed by atoms with Gasteiger partial charge in [0, 0.05) is 5.75 Å².